The molecule has 24 heavy (non-hydrogen) atoms. The summed E-state index contributed by atoms with van der Waals surface area (Å²) in [4.78, 5) is 24.4. The minimum atomic E-state index is -0.0374. The Bertz CT molecular complexity index is 834. The molecule has 1 amide bonds. The number of carbonyl (C=O) groups is 1. The lowest BCUT2D eigenvalue weighted by Gasteiger charge is -2.22. The van der Waals surface area contributed by atoms with Gasteiger partial charge in [-0.15, -0.1) is 11.3 Å². The molecule has 1 aliphatic rings. The first-order chi connectivity index (χ1) is 11.7. The molecule has 7 heteroatoms. The number of ether oxygens (including phenoxy) is 1. The van der Waals surface area contributed by atoms with E-state index in [2.05, 4.69) is 9.97 Å². The van der Waals surface area contributed by atoms with Crippen LogP contribution in [0, 0.1) is 6.92 Å². The van der Waals surface area contributed by atoms with Crippen molar-refractivity contribution in [2.24, 2.45) is 0 Å². The maximum Gasteiger partial charge on any atom is 0.272 e. The highest BCUT2D eigenvalue weighted by atomic mass is 32.1. The summed E-state index contributed by atoms with van der Waals surface area (Å²) in [6, 6.07) is 7.96. The Labute approximate surface area is 147 Å². The van der Waals surface area contributed by atoms with Crippen molar-refractivity contribution in [2.75, 3.05) is 18.1 Å². The fourth-order valence-electron chi connectivity index (χ4n) is 2.85. The van der Waals surface area contributed by atoms with E-state index in [1.807, 2.05) is 31.2 Å². The van der Waals surface area contributed by atoms with Crippen LogP contribution in [0.15, 0.2) is 29.8 Å². The lowest BCUT2D eigenvalue weighted by atomic mass is 10.2. The van der Waals surface area contributed by atoms with Crippen LogP contribution in [-0.4, -0.2) is 35.1 Å². The van der Waals surface area contributed by atoms with E-state index in [9.17, 15) is 4.79 Å². The fraction of sp³-hybridized carbons (Fsp3) is 0.353. The molecule has 1 saturated heterocycles. The van der Waals surface area contributed by atoms with Gasteiger partial charge in [0, 0.05) is 6.61 Å². The molecule has 0 spiro atoms. The Hall–Kier alpha value is -1.83. The Morgan fingerprint density at radius 3 is 3.00 bits per heavy atom. The zero-order valence-corrected chi connectivity index (χ0v) is 14.9. The average molecular weight is 359 g/mol. The van der Waals surface area contributed by atoms with Gasteiger partial charge in [-0.2, -0.15) is 0 Å². The quantitative estimate of drug-likeness (QED) is 0.709. The molecule has 0 aliphatic carbocycles. The first-order valence-electron chi connectivity index (χ1n) is 7.91. The number of para-hydroxylation sites is 1. The van der Waals surface area contributed by atoms with Crippen LogP contribution < -0.4 is 4.90 Å². The molecule has 1 fully saturated rings. The summed E-state index contributed by atoms with van der Waals surface area (Å²) in [7, 11) is 0. The van der Waals surface area contributed by atoms with Gasteiger partial charge >= 0.3 is 0 Å². The van der Waals surface area contributed by atoms with Gasteiger partial charge in [-0.25, -0.2) is 9.97 Å². The number of fused-ring (bicyclic) bond motifs is 1. The molecule has 1 aliphatic heterocycles. The maximum absolute atomic E-state index is 13.1. The number of thiazole rings is 2. The highest BCUT2D eigenvalue weighted by Crippen LogP contribution is 2.31. The predicted octanol–water partition coefficient (Wildman–Crippen LogP) is 3.89. The van der Waals surface area contributed by atoms with Gasteiger partial charge in [0.2, 0.25) is 0 Å². The minimum absolute atomic E-state index is 0.0374. The molecule has 5 nitrogen and oxygen atoms in total. The second-order valence-electron chi connectivity index (χ2n) is 5.78. The Kier molecular flexibility index (Phi) is 4.30. The van der Waals surface area contributed by atoms with Crippen molar-refractivity contribution in [1.29, 1.82) is 0 Å². The Morgan fingerprint density at radius 1 is 1.42 bits per heavy atom. The fourth-order valence-corrected chi connectivity index (χ4v) is 4.57. The van der Waals surface area contributed by atoms with E-state index in [0.29, 0.717) is 11.4 Å². The van der Waals surface area contributed by atoms with Crippen molar-refractivity contribution in [3.63, 3.8) is 0 Å². The highest BCUT2D eigenvalue weighted by molar-refractivity contribution is 7.22. The third-order valence-electron chi connectivity index (χ3n) is 4.11. The highest BCUT2D eigenvalue weighted by Gasteiger charge is 2.28. The number of amides is 1. The van der Waals surface area contributed by atoms with E-state index in [1.54, 1.807) is 21.7 Å². The van der Waals surface area contributed by atoms with Crippen molar-refractivity contribution >= 4 is 43.9 Å². The summed E-state index contributed by atoms with van der Waals surface area (Å²) in [5.41, 5.74) is 3.40. The van der Waals surface area contributed by atoms with Gasteiger partial charge < -0.3 is 4.74 Å². The number of benzene rings is 1. The molecule has 4 rings (SSSR count). The lowest BCUT2D eigenvalue weighted by Crippen LogP contribution is -2.37. The van der Waals surface area contributed by atoms with Crippen LogP contribution in [0.5, 0.6) is 0 Å². The molecule has 3 heterocycles. The molecular weight excluding hydrogens is 342 g/mol. The molecule has 0 saturated carbocycles. The number of aryl methyl sites for hydroxylation is 1. The van der Waals surface area contributed by atoms with Crippen molar-refractivity contribution in [3.8, 4) is 0 Å². The molecule has 0 N–H and O–H groups in total. The van der Waals surface area contributed by atoms with Crippen LogP contribution in [0.3, 0.4) is 0 Å². The molecule has 3 aromatic rings. The van der Waals surface area contributed by atoms with Gasteiger partial charge in [0.1, 0.15) is 4.88 Å². The largest absolute Gasteiger partial charge is 0.376 e. The minimum Gasteiger partial charge on any atom is -0.376 e. The van der Waals surface area contributed by atoms with Gasteiger partial charge in [-0.1, -0.05) is 23.5 Å². The van der Waals surface area contributed by atoms with E-state index >= 15 is 0 Å². The maximum atomic E-state index is 13.1. The van der Waals surface area contributed by atoms with E-state index in [-0.39, 0.29) is 12.0 Å². The van der Waals surface area contributed by atoms with Crippen molar-refractivity contribution < 1.29 is 9.53 Å². The van der Waals surface area contributed by atoms with E-state index in [4.69, 9.17) is 4.74 Å². The molecule has 0 radical (unpaired) electrons. The monoisotopic (exact) mass is 359 g/mol. The summed E-state index contributed by atoms with van der Waals surface area (Å²) < 4.78 is 6.83. The number of hydrogen-bond acceptors (Lipinski definition) is 6. The zero-order chi connectivity index (χ0) is 16.5. The van der Waals surface area contributed by atoms with Gasteiger partial charge in [0.25, 0.3) is 5.91 Å². The second kappa shape index (κ2) is 6.58. The summed E-state index contributed by atoms with van der Waals surface area (Å²) >= 11 is 2.92. The van der Waals surface area contributed by atoms with E-state index in [0.717, 1.165) is 40.5 Å². The summed E-state index contributed by atoms with van der Waals surface area (Å²) in [5.74, 6) is -0.0374. The summed E-state index contributed by atoms with van der Waals surface area (Å²) in [5, 5.41) is 0.726. The number of aromatic nitrogens is 2. The van der Waals surface area contributed by atoms with Crippen LogP contribution in [-0.2, 0) is 4.74 Å². The third-order valence-corrected chi connectivity index (χ3v) is 6.08. The predicted molar refractivity (Wildman–Crippen MR) is 97.1 cm³/mol. The van der Waals surface area contributed by atoms with Crippen molar-refractivity contribution in [3.05, 3.63) is 40.3 Å². The zero-order valence-electron chi connectivity index (χ0n) is 13.3. The van der Waals surface area contributed by atoms with Crippen molar-refractivity contribution in [2.45, 2.75) is 25.9 Å². The number of rotatable bonds is 4. The van der Waals surface area contributed by atoms with E-state index in [1.165, 1.54) is 11.3 Å². The first-order valence-corrected chi connectivity index (χ1v) is 9.61. The first kappa shape index (κ1) is 15.7. The molecule has 1 unspecified atom stereocenters. The number of hydrogen-bond donors (Lipinski definition) is 0. The van der Waals surface area contributed by atoms with Crippen molar-refractivity contribution in [1.82, 2.24) is 9.97 Å². The molecule has 0 bridgehead atoms. The second-order valence-corrected chi connectivity index (χ2v) is 7.65. The van der Waals surface area contributed by atoms with Crippen LogP contribution in [0.1, 0.15) is 28.2 Å². The number of nitrogens with zero attached hydrogens (tertiary/aromatic N) is 3. The van der Waals surface area contributed by atoms with Gasteiger partial charge in [0.15, 0.2) is 5.13 Å². The molecule has 2 aromatic heterocycles. The molecule has 1 aromatic carbocycles. The molecule has 124 valence electrons. The smallest absolute Gasteiger partial charge is 0.272 e. The van der Waals surface area contributed by atoms with Crippen LogP contribution in [0.4, 0.5) is 5.13 Å². The topological polar surface area (TPSA) is 55.3 Å². The van der Waals surface area contributed by atoms with Crippen LogP contribution >= 0.6 is 22.7 Å². The lowest BCUT2D eigenvalue weighted by molar-refractivity contribution is 0.0920. The normalized spacial score (nSPS) is 17.5. The van der Waals surface area contributed by atoms with Gasteiger partial charge in [-0.05, 0) is 31.9 Å². The van der Waals surface area contributed by atoms with Gasteiger partial charge in [-0.3, -0.25) is 9.69 Å². The Balaban J connectivity index is 1.71. The van der Waals surface area contributed by atoms with Gasteiger partial charge in [0.05, 0.1) is 34.1 Å². The summed E-state index contributed by atoms with van der Waals surface area (Å²) in [6.45, 7) is 3.18. The molecule has 1 atom stereocenters. The van der Waals surface area contributed by atoms with Crippen LogP contribution in [0.25, 0.3) is 10.2 Å². The Morgan fingerprint density at radius 2 is 2.29 bits per heavy atom. The SMILES string of the molecule is Cc1ncsc1C(=O)N(CC1CCCO1)c1nc2ccccc2s1. The van der Waals surface area contributed by atoms with Crippen LogP contribution in [0.2, 0.25) is 0 Å². The number of anilines is 1. The standard InChI is InChI=1S/C17H17N3O2S2/c1-11-15(23-10-18-11)16(21)20(9-12-5-4-8-22-12)17-19-13-6-2-3-7-14(13)24-17/h2-3,6-7,10,12H,4-5,8-9H2,1H3. The summed E-state index contributed by atoms with van der Waals surface area (Å²) in [6.07, 6.45) is 2.11. The number of carbonyl (C=O) groups excluding carboxylic acids is 1. The van der Waals surface area contributed by atoms with E-state index < -0.39 is 0 Å². The molecular formula is C17H17N3O2S2. The average Bonchev–Trinajstić information content (AvgIpc) is 3.32. The third kappa shape index (κ3) is 2.94.